The van der Waals surface area contributed by atoms with Gasteiger partial charge in [0.2, 0.25) is 0 Å². The summed E-state index contributed by atoms with van der Waals surface area (Å²) in [5.74, 6) is 3.30. The van der Waals surface area contributed by atoms with Crippen LogP contribution in [0, 0.1) is 5.92 Å². The molecular weight excluding hydrogens is 394 g/mol. The number of carbonyl (C=O) groups is 1. The van der Waals surface area contributed by atoms with E-state index >= 15 is 0 Å². The van der Waals surface area contributed by atoms with Crippen molar-refractivity contribution in [1.29, 1.82) is 0 Å². The van der Waals surface area contributed by atoms with Crippen molar-refractivity contribution < 1.29 is 23.7 Å². The van der Waals surface area contributed by atoms with Crippen LogP contribution in [0.1, 0.15) is 24.0 Å². The summed E-state index contributed by atoms with van der Waals surface area (Å²) in [7, 11) is 3.39. The molecule has 160 valence electrons. The number of hydrogen-bond donors (Lipinski definition) is 0. The van der Waals surface area contributed by atoms with Gasteiger partial charge in [-0.3, -0.25) is 0 Å². The normalized spacial score (nSPS) is 29.4. The molecule has 1 fully saturated rings. The topological polar surface area (TPSA) is 57.2 Å². The summed E-state index contributed by atoms with van der Waals surface area (Å²) >= 11 is 0. The summed E-state index contributed by atoms with van der Waals surface area (Å²) in [5, 5.41) is 0. The number of amides is 1. The molecule has 1 spiro atoms. The number of likely N-dealkylation sites (tertiary alicyclic amines) is 1. The molecule has 6 heteroatoms. The average Bonchev–Trinajstić information content (AvgIpc) is 3.14. The zero-order valence-corrected chi connectivity index (χ0v) is 17.7. The highest BCUT2D eigenvalue weighted by atomic mass is 16.6. The number of allylic oxidation sites excluding steroid dienone is 1. The van der Waals surface area contributed by atoms with E-state index in [-0.39, 0.29) is 29.6 Å². The first kappa shape index (κ1) is 18.6. The summed E-state index contributed by atoms with van der Waals surface area (Å²) in [6.07, 6.45) is 4.11. The van der Waals surface area contributed by atoms with Crippen molar-refractivity contribution in [2.24, 2.45) is 5.92 Å². The van der Waals surface area contributed by atoms with Gasteiger partial charge in [0, 0.05) is 18.2 Å². The summed E-state index contributed by atoms with van der Waals surface area (Å²) in [5.41, 5.74) is 2.29. The van der Waals surface area contributed by atoms with E-state index in [4.69, 9.17) is 18.9 Å². The number of hydrogen-bond acceptors (Lipinski definition) is 5. The zero-order valence-electron chi connectivity index (χ0n) is 17.7. The molecule has 0 radical (unpaired) electrons. The van der Waals surface area contributed by atoms with Crippen molar-refractivity contribution in [3.05, 3.63) is 65.4 Å². The van der Waals surface area contributed by atoms with Gasteiger partial charge in [0.15, 0.2) is 17.6 Å². The van der Waals surface area contributed by atoms with Gasteiger partial charge in [-0.15, -0.1) is 0 Å². The van der Waals surface area contributed by atoms with E-state index < -0.39 is 0 Å². The van der Waals surface area contributed by atoms with Crippen LogP contribution in [0.25, 0.3) is 0 Å². The highest BCUT2D eigenvalue weighted by molar-refractivity contribution is 5.73. The third-order valence-corrected chi connectivity index (χ3v) is 7.57. The van der Waals surface area contributed by atoms with Crippen molar-refractivity contribution in [3.63, 3.8) is 0 Å². The van der Waals surface area contributed by atoms with Gasteiger partial charge in [-0.25, -0.2) is 4.79 Å². The molecule has 6 nitrogen and oxygen atoms in total. The molecule has 0 N–H and O–H groups in total. The molecule has 4 atom stereocenters. The number of benzene rings is 2. The van der Waals surface area contributed by atoms with E-state index in [1.165, 1.54) is 11.1 Å². The van der Waals surface area contributed by atoms with Gasteiger partial charge in [-0.05, 0) is 55.0 Å². The number of methoxy groups -OCH3 is 2. The van der Waals surface area contributed by atoms with Crippen molar-refractivity contribution >= 4 is 6.09 Å². The SMILES string of the molecule is COC1=CCC2C3Cc4ccc(OC)c5c4[C@]2(CCN3C(=O)Oc2ccccc2)[C@@H]1O5. The Bertz CT molecular complexity index is 1080. The van der Waals surface area contributed by atoms with E-state index in [0.717, 1.165) is 36.5 Å². The first-order chi connectivity index (χ1) is 15.2. The van der Waals surface area contributed by atoms with Crippen LogP contribution < -0.4 is 14.2 Å². The summed E-state index contributed by atoms with van der Waals surface area (Å²) in [6.45, 7) is 0.625. The third-order valence-electron chi connectivity index (χ3n) is 7.57. The second-order valence-electron chi connectivity index (χ2n) is 8.72. The van der Waals surface area contributed by atoms with Gasteiger partial charge in [-0.1, -0.05) is 24.3 Å². The minimum Gasteiger partial charge on any atom is -0.497 e. The van der Waals surface area contributed by atoms with Crippen LogP contribution in [0.2, 0.25) is 0 Å². The van der Waals surface area contributed by atoms with Gasteiger partial charge in [0.1, 0.15) is 11.5 Å². The lowest BCUT2D eigenvalue weighted by Crippen LogP contribution is -2.65. The maximum atomic E-state index is 13.2. The molecular formula is C25H25NO5. The van der Waals surface area contributed by atoms with Crippen molar-refractivity contribution in [3.8, 4) is 17.2 Å². The average molecular weight is 419 g/mol. The Morgan fingerprint density at radius 2 is 1.97 bits per heavy atom. The van der Waals surface area contributed by atoms with Crippen LogP contribution in [0.5, 0.6) is 17.2 Å². The fraction of sp³-hybridized carbons (Fsp3) is 0.400. The maximum absolute atomic E-state index is 13.2. The molecule has 2 heterocycles. The van der Waals surface area contributed by atoms with Gasteiger partial charge in [0.05, 0.1) is 19.6 Å². The number of carbonyl (C=O) groups excluding carboxylic acids is 1. The van der Waals surface area contributed by atoms with Gasteiger partial charge in [0.25, 0.3) is 0 Å². The van der Waals surface area contributed by atoms with Crippen molar-refractivity contribution in [2.75, 3.05) is 20.8 Å². The first-order valence-electron chi connectivity index (χ1n) is 10.8. The van der Waals surface area contributed by atoms with E-state index in [1.54, 1.807) is 14.2 Å². The molecule has 4 aliphatic rings. The number of nitrogens with zero attached hydrogens (tertiary/aromatic N) is 1. The molecule has 2 aliphatic carbocycles. The summed E-state index contributed by atoms with van der Waals surface area (Å²) in [6, 6.07) is 13.4. The Hall–Kier alpha value is -3.15. The maximum Gasteiger partial charge on any atom is 0.415 e. The largest absolute Gasteiger partial charge is 0.497 e. The second kappa shape index (κ2) is 6.67. The van der Waals surface area contributed by atoms with E-state index in [2.05, 4.69) is 12.1 Å². The Morgan fingerprint density at radius 3 is 2.74 bits per heavy atom. The molecule has 0 aromatic heterocycles. The monoisotopic (exact) mass is 419 g/mol. The predicted molar refractivity (Wildman–Crippen MR) is 114 cm³/mol. The van der Waals surface area contributed by atoms with E-state index in [0.29, 0.717) is 12.3 Å². The Labute approximate surface area is 181 Å². The Kier molecular flexibility index (Phi) is 4.01. The third kappa shape index (κ3) is 2.42. The highest BCUT2D eigenvalue weighted by Gasteiger charge is 2.65. The molecule has 31 heavy (non-hydrogen) atoms. The minimum atomic E-state index is -0.278. The molecule has 1 amide bonds. The minimum absolute atomic E-state index is 0.0533. The smallest absolute Gasteiger partial charge is 0.415 e. The Balaban J connectivity index is 1.43. The summed E-state index contributed by atoms with van der Waals surface area (Å²) < 4.78 is 23.7. The van der Waals surface area contributed by atoms with Crippen LogP contribution in [-0.4, -0.2) is 43.9 Å². The molecule has 1 saturated heterocycles. The van der Waals surface area contributed by atoms with Gasteiger partial charge >= 0.3 is 6.09 Å². The predicted octanol–water partition coefficient (Wildman–Crippen LogP) is 4.07. The molecule has 2 bridgehead atoms. The van der Waals surface area contributed by atoms with Gasteiger partial charge < -0.3 is 23.8 Å². The molecule has 2 unspecified atom stereocenters. The van der Waals surface area contributed by atoms with Crippen molar-refractivity contribution in [1.82, 2.24) is 4.90 Å². The number of rotatable bonds is 3. The molecule has 0 saturated carbocycles. The standard InChI is InChI=1S/C25H25NO5/c1-28-19-10-8-15-14-18-17-9-11-20(29-2)23-25(17,21(15)22(19)31-23)12-13-26(18)24(27)30-16-6-4-3-5-7-16/h3-8,10-11,17-18,23H,9,12-14H2,1-2H3/t17?,18?,23-,25-/m1/s1. The highest BCUT2D eigenvalue weighted by Crippen LogP contribution is 2.63. The fourth-order valence-electron chi connectivity index (χ4n) is 6.34. The first-order valence-corrected chi connectivity index (χ1v) is 10.8. The number of piperidine rings is 1. The van der Waals surface area contributed by atoms with Crippen LogP contribution in [0.4, 0.5) is 4.79 Å². The fourth-order valence-corrected chi connectivity index (χ4v) is 6.34. The van der Waals surface area contributed by atoms with E-state index in [1.807, 2.05) is 41.3 Å². The second-order valence-corrected chi connectivity index (χ2v) is 8.72. The quantitative estimate of drug-likeness (QED) is 0.751. The number of ether oxygens (including phenoxy) is 4. The lowest BCUT2D eigenvalue weighted by atomic mass is 9.53. The molecule has 6 rings (SSSR count). The van der Waals surface area contributed by atoms with E-state index in [9.17, 15) is 4.79 Å². The zero-order chi connectivity index (χ0) is 21.2. The van der Waals surface area contributed by atoms with Crippen LogP contribution >= 0.6 is 0 Å². The lowest BCUT2D eigenvalue weighted by Gasteiger charge is -2.56. The van der Waals surface area contributed by atoms with Crippen LogP contribution in [0.15, 0.2) is 54.3 Å². The van der Waals surface area contributed by atoms with Crippen LogP contribution in [-0.2, 0) is 16.6 Å². The molecule has 2 aliphatic heterocycles. The van der Waals surface area contributed by atoms with Crippen LogP contribution in [0.3, 0.4) is 0 Å². The number of para-hydroxylation sites is 1. The van der Waals surface area contributed by atoms with Crippen molar-refractivity contribution in [2.45, 2.75) is 36.8 Å². The lowest BCUT2D eigenvalue weighted by molar-refractivity contribution is -0.0271. The summed E-state index contributed by atoms with van der Waals surface area (Å²) in [4.78, 5) is 15.1. The molecule has 2 aromatic carbocycles. The van der Waals surface area contributed by atoms with Gasteiger partial charge in [-0.2, -0.15) is 0 Å². The molecule has 2 aromatic rings. The Morgan fingerprint density at radius 1 is 1.13 bits per heavy atom.